The van der Waals surface area contributed by atoms with E-state index in [9.17, 15) is 18.8 Å². The Morgan fingerprint density at radius 3 is 2.26 bits per heavy atom. The van der Waals surface area contributed by atoms with E-state index in [1.54, 1.807) is 6.92 Å². The Morgan fingerprint density at radius 1 is 0.963 bits per heavy atom. The average molecular weight is 372 g/mol. The maximum absolute atomic E-state index is 13.5. The molecule has 0 fully saturated rings. The van der Waals surface area contributed by atoms with Crippen molar-refractivity contribution in [3.63, 3.8) is 0 Å². The van der Waals surface area contributed by atoms with Crippen molar-refractivity contribution in [1.82, 2.24) is 5.32 Å². The lowest BCUT2D eigenvalue weighted by Crippen LogP contribution is -2.35. The molecule has 0 unspecified atom stereocenters. The van der Waals surface area contributed by atoms with Gasteiger partial charge in [0.1, 0.15) is 5.82 Å². The fourth-order valence-electron chi connectivity index (χ4n) is 2.36. The lowest BCUT2D eigenvalue weighted by molar-refractivity contribution is -0.126. The maximum atomic E-state index is 13.5. The number of anilines is 1. The van der Waals surface area contributed by atoms with E-state index in [0.717, 1.165) is 17.2 Å². The zero-order valence-corrected chi connectivity index (χ0v) is 15.4. The van der Waals surface area contributed by atoms with Crippen molar-refractivity contribution in [3.05, 3.63) is 64.5 Å². The van der Waals surface area contributed by atoms with Gasteiger partial charge in [0.2, 0.25) is 5.91 Å². The lowest BCUT2D eigenvalue weighted by Gasteiger charge is -2.12. The number of aryl methyl sites for hydroxylation is 3. The van der Waals surface area contributed by atoms with Gasteiger partial charge in [-0.25, -0.2) is 9.18 Å². The molecule has 6 nitrogen and oxygen atoms in total. The molecule has 0 spiro atoms. The summed E-state index contributed by atoms with van der Waals surface area (Å²) in [6, 6.07) is 9.54. The van der Waals surface area contributed by atoms with Gasteiger partial charge < -0.3 is 15.4 Å². The molecule has 0 aromatic heterocycles. The van der Waals surface area contributed by atoms with E-state index in [1.165, 1.54) is 12.1 Å². The molecule has 7 heteroatoms. The third-order valence-electron chi connectivity index (χ3n) is 3.93. The molecule has 0 aliphatic rings. The van der Waals surface area contributed by atoms with Crippen molar-refractivity contribution < 1.29 is 23.5 Å². The van der Waals surface area contributed by atoms with Crippen LogP contribution in [0, 0.1) is 26.6 Å². The molecule has 0 atom stereocenters. The van der Waals surface area contributed by atoms with Gasteiger partial charge in [-0.1, -0.05) is 24.3 Å². The van der Waals surface area contributed by atoms with E-state index in [0.29, 0.717) is 11.3 Å². The van der Waals surface area contributed by atoms with Crippen LogP contribution in [0.4, 0.5) is 10.1 Å². The molecule has 0 heterocycles. The first-order valence-corrected chi connectivity index (χ1v) is 8.34. The molecule has 0 bridgehead atoms. The van der Waals surface area contributed by atoms with Crippen LogP contribution in [0.2, 0.25) is 0 Å². The van der Waals surface area contributed by atoms with Crippen LogP contribution >= 0.6 is 0 Å². The zero-order valence-electron chi connectivity index (χ0n) is 15.4. The molecule has 2 aromatic rings. The van der Waals surface area contributed by atoms with Crippen molar-refractivity contribution in [2.75, 3.05) is 18.5 Å². The second-order valence-corrected chi connectivity index (χ2v) is 6.13. The summed E-state index contributed by atoms with van der Waals surface area (Å²) in [7, 11) is 0. The third kappa shape index (κ3) is 5.64. The van der Waals surface area contributed by atoms with Crippen LogP contribution in [-0.2, 0) is 14.3 Å². The fraction of sp³-hybridized carbons (Fsp3) is 0.250. The standard InChI is InChI=1S/C20H21FN2O4/c1-12-7-8-15(9-16(12)21)20(26)27-11-18(25)22-10-17(24)23-19-13(2)5-4-6-14(19)3/h4-9H,10-11H2,1-3H3,(H,22,25)(H,23,24). The number of esters is 1. The van der Waals surface area contributed by atoms with Crippen molar-refractivity contribution >= 4 is 23.5 Å². The highest BCUT2D eigenvalue weighted by molar-refractivity contribution is 5.96. The third-order valence-corrected chi connectivity index (χ3v) is 3.93. The molecule has 0 radical (unpaired) electrons. The van der Waals surface area contributed by atoms with Gasteiger partial charge in [0.25, 0.3) is 5.91 Å². The van der Waals surface area contributed by atoms with Crippen molar-refractivity contribution in [1.29, 1.82) is 0 Å². The van der Waals surface area contributed by atoms with Crippen LogP contribution in [0.25, 0.3) is 0 Å². The number of amides is 2. The van der Waals surface area contributed by atoms with E-state index >= 15 is 0 Å². The van der Waals surface area contributed by atoms with Crippen LogP contribution in [-0.4, -0.2) is 30.9 Å². The molecular formula is C20H21FN2O4. The maximum Gasteiger partial charge on any atom is 0.338 e. The normalized spacial score (nSPS) is 10.2. The fourth-order valence-corrected chi connectivity index (χ4v) is 2.36. The minimum atomic E-state index is -0.816. The first kappa shape index (κ1) is 20.1. The van der Waals surface area contributed by atoms with Crippen LogP contribution in [0.15, 0.2) is 36.4 Å². The number of carbonyl (C=O) groups excluding carboxylic acids is 3. The van der Waals surface area contributed by atoms with Crippen LogP contribution in [0.3, 0.4) is 0 Å². The highest BCUT2D eigenvalue weighted by Crippen LogP contribution is 2.19. The Balaban J connectivity index is 1.79. The lowest BCUT2D eigenvalue weighted by atomic mass is 10.1. The monoisotopic (exact) mass is 372 g/mol. The van der Waals surface area contributed by atoms with Gasteiger partial charge in [0.15, 0.2) is 6.61 Å². The summed E-state index contributed by atoms with van der Waals surface area (Å²) in [6.45, 7) is 4.48. The van der Waals surface area contributed by atoms with E-state index in [4.69, 9.17) is 4.74 Å². The first-order chi connectivity index (χ1) is 12.8. The van der Waals surface area contributed by atoms with Crippen molar-refractivity contribution in [3.8, 4) is 0 Å². The first-order valence-electron chi connectivity index (χ1n) is 8.34. The summed E-state index contributed by atoms with van der Waals surface area (Å²) in [5.74, 6) is -2.37. The quantitative estimate of drug-likeness (QED) is 0.764. The van der Waals surface area contributed by atoms with Gasteiger partial charge in [-0.2, -0.15) is 0 Å². The van der Waals surface area contributed by atoms with Crippen LogP contribution in [0.1, 0.15) is 27.0 Å². The van der Waals surface area contributed by atoms with Crippen LogP contribution < -0.4 is 10.6 Å². The minimum Gasteiger partial charge on any atom is -0.452 e. The molecule has 2 N–H and O–H groups in total. The molecule has 142 valence electrons. The van der Waals surface area contributed by atoms with Gasteiger partial charge in [0, 0.05) is 5.69 Å². The van der Waals surface area contributed by atoms with E-state index in [-0.39, 0.29) is 12.1 Å². The van der Waals surface area contributed by atoms with Gasteiger partial charge in [-0.3, -0.25) is 9.59 Å². The minimum absolute atomic E-state index is 0.0127. The zero-order chi connectivity index (χ0) is 20.0. The van der Waals surface area contributed by atoms with Crippen LogP contribution in [0.5, 0.6) is 0 Å². The number of benzene rings is 2. The average Bonchev–Trinajstić information content (AvgIpc) is 2.63. The number of hydrogen-bond acceptors (Lipinski definition) is 4. The molecule has 0 saturated carbocycles. The highest BCUT2D eigenvalue weighted by Gasteiger charge is 2.13. The molecule has 0 saturated heterocycles. The molecule has 0 aliphatic carbocycles. The summed E-state index contributed by atoms with van der Waals surface area (Å²) in [4.78, 5) is 35.5. The SMILES string of the molecule is Cc1ccc(C(=O)OCC(=O)NCC(=O)Nc2c(C)cccc2C)cc1F. The van der Waals surface area contributed by atoms with Gasteiger partial charge >= 0.3 is 5.97 Å². The topological polar surface area (TPSA) is 84.5 Å². The molecule has 0 aliphatic heterocycles. The molecule has 2 aromatic carbocycles. The molecule has 27 heavy (non-hydrogen) atoms. The smallest absolute Gasteiger partial charge is 0.338 e. The van der Waals surface area contributed by atoms with Gasteiger partial charge in [-0.15, -0.1) is 0 Å². The number of halogens is 1. The number of nitrogens with one attached hydrogen (secondary N) is 2. The Kier molecular flexibility index (Phi) is 6.65. The predicted molar refractivity (Wildman–Crippen MR) is 99.0 cm³/mol. The number of carbonyl (C=O) groups is 3. The van der Waals surface area contributed by atoms with E-state index < -0.39 is 30.2 Å². The molecular weight excluding hydrogens is 351 g/mol. The number of para-hydroxylation sites is 1. The second-order valence-electron chi connectivity index (χ2n) is 6.13. The highest BCUT2D eigenvalue weighted by atomic mass is 19.1. The Hall–Kier alpha value is -3.22. The Morgan fingerprint density at radius 2 is 1.63 bits per heavy atom. The Bertz CT molecular complexity index is 860. The van der Waals surface area contributed by atoms with Gasteiger partial charge in [-0.05, 0) is 49.6 Å². The largest absolute Gasteiger partial charge is 0.452 e. The number of rotatable bonds is 6. The summed E-state index contributed by atoms with van der Waals surface area (Å²) in [5, 5.41) is 5.10. The van der Waals surface area contributed by atoms with E-state index in [2.05, 4.69) is 10.6 Å². The number of ether oxygens (including phenoxy) is 1. The van der Waals surface area contributed by atoms with E-state index in [1.807, 2.05) is 32.0 Å². The summed E-state index contributed by atoms with van der Waals surface area (Å²) in [6.07, 6.45) is 0. The van der Waals surface area contributed by atoms with Crippen molar-refractivity contribution in [2.45, 2.75) is 20.8 Å². The van der Waals surface area contributed by atoms with Gasteiger partial charge in [0.05, 0.1) is 12.1 Å². The van der Waals surface area contributed by atoms with Crippen molar-refractivity contribution in [2.24, 2.45) is 0 Å². The summed E-state index contributed by atoms with van der Waals surface area (Å²) < 4.78 is 18.3. The number of hydrogen-bond donors (Lipinski definition) is 2. The second kappa shape index (κ2) is 8.93. The summed E-state index contributed by atoms with van der Waals surface area (Å²) in [5.41, 5.74) is 2.94. The molecule has 2 rings (SSSR count). The predicted octanol–water partition coefficient (Wildman–Crippen LogP) is 2.66. The summed E-state index contributed by atoms with van der Waals surface area (Å²) >= 11 is 0. The Labute approximate surface area is 156 Å². The molecule has 2 amide bonds.